The molecule has 10 heteroatoms. The number of carbonyl (C=O) groups is 1. The van der Waals surface area contributed by atoms with Crippen LogP contribution in [0.25, 0.3) is 22.3 Å². The minimum Gasteiger partial charge on any atom is -0.472 e. The lowest BCUT2D eigenvalue weighted by atomic mass is 10.1. The van der Waals surface area contributed by atoms with Crippen LogP contribution in [-0.2, 0) is 4.74 Å². The average Bonchev–Trinajstić information content (AvgIpc) is 3.47. The second-order valence-corrected chi connectivity index (χ2v) is 7.51. The number of furan rings is 1. The summed E-state index contributed by atoms with van der Waals surface area (Å²) < 4.78 is 12.9. The molecule has 4 aromatic rings. The van der Waals surface area contributed by atoms with E-state index in [0.717, 1.165) is 24.8 Å². The lowest BCUT2D eigenvalue weighted by Crippen LogP contribution is -2.19. The zero-order valence-corrected chi connectivity index (χ0v) is 17.3. The van der Waals surface area contributed by atoms with E-state index in [0.29, 0.717) is 34.5 Å². The van der Waals surface area contributed by atoms with Gasteiger partial charge in [-0.25, -0.2) is 19.6 Å². The van der Waals surface area contributed by atoms with Crippen LogP contribution >= 0.6 is 0 Å². The minimum absolute atomic E-state index is 0.127. The number of nitrogens with zero attached hydrogens (tertiary/aromatic N) is 6. The summed E-state index contributed by atoms with van der Waals surface area (Å²) in [6.45, 7) is 2.40. The van der Waals surface area contributed by atoms with Gasteiger partial charge in [0.1, 0.15) is 28.5 Å². The number of aromatic nitrogens is 5. The van der Waals surface area contributed by atoms with Crippen molar-refractivity contribution in [1.29, 1.82) is 5.26 Å². The van der Waals surface area contributed by atoms with Crippen molar-refractivity contribution >= 4 is 22.9 Å². The molecule has 0 aromatic carbocycles. The molecular formula is C22H19N7O3. The molecule has 160 valence electrons. The summed E-state index contributed by atoms with van der Waals surface area (Å²) in [5.41, 5.74) is 3.85. The number of carbonyl (C=O) groups excluding carboxylic acids is 1. The normalized spacial score (nSPS) is 16.1. The van der Waals surface area contributed by atoms with E-state index in [1.807, 2.05) is 6.07 Å². The lowest BCUT2D eigenvalue weighted by Gasteiger charge is -2.23. The van der Waals surface area contributed by atoms with Crippen molar-refractivity contribution in [2.24, 2.45) is 0 Å². The van der Waals surface area contributed by atoms with Gasteiger partial charge in [0.15, 0.2) is 6.23 Å². The van der Waals surface area contributed by atoms with Crippen LogP contribution in [0.15, 0.2) is 41.5 Å². The number of pyridine rings is 1. The van der Waals surface area contributed by atoms with Gasteiger partial charge >= 0.3 is 0 Å². The SMILES string of the molecule is Cc1cc(C#N)cnc1C(=O)Nc1ncc2c(n1)c(-c1ccoc1)nn2C1CCCCO1. The number of aryl methyl sites for hydroxylation is 1. The Balaban J connectivity index is 1.52. The molecular weight excluding hydrogens is 410 g/mol. The number of rotatable bonds is 4. The van der Waals surface area contributed by atoms with Crippen LogP contribution in [0.3, 0.4) is 0 Å². The first-order chi connectivity index (χ1) is 15.6. The van der Waals surface area contributed by atoms with Crippen LogP contribution < -0.4 is 5.32 Å². The maximum absolute atomic E-state index is 12.7. The molecule has 1 unspecified atom stereocenters. The molecule has 0 aliphatic carbocycles. The Morgan fingerprint density at radius 1 is 1.31 bits per heavy atom. The third-order valence-electron chi connectivity index (χ3n) is 5.32. The molecule has 10 nitrogen and oxygen atoms in total. The van der Waals surface area contributed by atoms with Crippen molar-refractivity contribution < 1.29 is 13.9 Å². The standard InChI is InChI=1S/C22H19N7O3/c1-13-8-14(9-23)10-24-18(13)21(30)27-22-25-11-16-20(26-22)19(15-5-7-31-12-15)28-29(16)17-4-2-3-6-32-17/h5,7-8,10-12,17H,2-4,6H2,1H3,(H,25,26,27,30). The Morgan fingerprint density at radius 3 is 2.94 bits per heavy atom. The van der Waals surface area contributed by atoms with Gasteiger partial charge < -0.3 is 9.15 Å². The van der Waals surface area contributed by atoms with Gasteiger partial charge in [-0.15, -0.1) is 0 Å². The van der Waals surface area contributed by atoms with E-state index in [9.17, 15) is 4.79 Å². The molecule has 0 radical (unpaired) electrons. The fraction of sp³-hybridized carbons (Fsp3) is 0.273. The Kier molecular flexibility index (Phi) is 5.09. The van der Waals surface area contributed by atoms with Gasteiger partial charge in [-0.1, -0.05) is 0 Å². The van der Waals surface area contributed by atoms with Crippen molar-refractivity contribution in [1.82, 2.24) is 24.7 Å². The number of fused-ring (bicyclic) bond motifs is 1. The molecule has 0 bridgehead atoms. The Bertz CT molecular complexity index is 1330. The molecule has 1 fully saturated rings. The van der Waals surface area contributed by atoms with E-state index in [4.69, 9.17) is 19.5 Å². The summed E-state index contributed by atoms with van der Waals surface area (Å²) in [6.07, 6.45) is 8.89. The zero-order valence-electron chi connectivity index (χ0n) is 17.3. The summed E-state index contributed by atoms with van der Waals surface area (Å²) in [6, 6.07) is 5.42. The maximum atomic E-state index is 12.7. The van der Waals surface area contributed by atoms with E-state index >= 15 is 0 Å². The number of hydrogen-bond donors (Lipinski definition) is 1. The fourth-order valence-electron chi connectivity index (χ4n) is 3.75. The Hall–Kier alpha value is -4.10. The summed E-state index contributed by atoms with van der Waals surface area (Å²) in [7, 11) is 0. The second kappa shape index (κ2) is 8.20. The molecule has 0 spiro atoms. The third kappa shape index (κ3) is 3.59. The van der Waals surface area contributed by atoms with Crippen molar-refractivity contribution in [3.8, 4) is 17.3 Å². The van der Waals surface area contributed by atoms with E-state index < -0.39 is 5.91 Å². The summed E-state index contributed by atoms with van der Waals surface area (Å²) in [4.78, 5) is 25.7. The van der Waals surface area contributed by atoms with E-state index in [1.165, 1.54) is 6.20 Å². The van der Waals surface area contributed by atoms with Crippen molar-refractivity contribution in [3.05, 3.63) is 53.9 Å². The highest BCUT2D eigenvalue weighted by Gasteiger charge is 2.24. The van der Waals surface area contributed by atoms with Crippen molar-refractivity contribution in [2.75, 3.05) is 11.9 Å². The van der Waals surface area contributed by atoms with Gasteiger partial charge in [0, 0.05) is 18.4 Å². The minimum atomic E-state index is -0.459. The average molecular weight is 429 g/mol. The van der Waals surface area contributed by atoms with Crippen LogP contribution in [0.2, 0.25) is 0 Å². The van der Waals surface area contributed by atoms with Crippen molar-refractivity contribution in [3.63, 3.8) is 0 Å². The second-order valence-electron chi connectivity index (χ2n) is 7.51. The van der Waals surface area contributed by atoms with Gasteiger partial charge in [0.05, 0.1) is 24.3 Å². The maximum Gasteiger partial charge on any atom is 0.276 e. The van der Waals surface area contributed by atoms with Crippen LogP contribution in [0.5, 0.6) is 0 Å². The lowest BCUT2D eigenvalue weighted by molar-refractivity contribution is -0.0365. The molecule has 1 aliphatic rings. The first-order valence-corrected chi connectivity index (χ1v) is 10.2. The van der Waals surface area contributed by atoms with Gasteiger partial charge in [-0.3, -0.25) is 10.1 Å². The Labute approximate surface area is 182 Å². The monoisotopic (exact) mass is 429 g/mol. The predicted molar refractivity (Wildman–Crippen MR) is 114 cm³/mol. The number of nitrogens with one attached hydrogen (secondary N) is 1. The number of hydrogen-bond acceptors (Lipinski definition) is 8. The summed E-state index contributed by atoms with van der Waals surface area (Å²) >= 11 is 0. The largest absolute Gasteiger partial charge is 0.472 e. The van der Waals surface area contributed by atoms with Crippen LogP contribution in [0, 0.1) is 18.3 Å². The summed E-state index contributed by atoms with van der Waals surface area (Å²) in [5.74, 6) is -0.332. The molecule has 1 amide bonds. The van der Waals surface area contributed by atoms with Gasteiger partial charge in [0.25, 0.3) is 5.91 Å². The topological polar surface area (TPSA) is 132 Å². The van der Waals surface area contributed by atoms with Gasteiger partial charge in [-0.2, -0.15) is 10.4 Å². The quantitative estimate of drug-likeness (QED) is 0.520. The van der Waals surface area contributed by atoms with E-state index in [2.05, 4.69) is 20.3 Å². The highest BCUT2D eigenvalue weighted by atomic mass is 16.5. The number of anilines is 1. The van der Waals surface area contributed by atoms with Crippen LogP contribution in [-0.4, -0.2) is 37.2 Å². The highest BCUT2D eigenvalue weighted by molar-refractivity contribution is 6.03. The van der Waals surface area contributed by atoms with Crippen LogP contribution in [0.4, 0.5) is 5.95 Å². The molecule has 4 aromatic heterocycles. The molecule has 1 aliphatic heterocycles. The molecule has 0 saturated carbocycles. The molecule has 5 heterocycles. The Morgan fingerprint density at radius 2 is 2.22 bits per heavy atom. The summed E-state index contributed by atoms with van der Waals surface area (Å²) in [5, 5.41) is 16.4. The van der Waals surface area contributed by atoms with Gasteiger partial charge in [0.2, 0.25) is 5.95 Å². The third-order valence-corrected chi connectivity index (χ3v) is 5.32. The van der Waals surface area contributed by atoms with Crippen LogP contribution in [0.1, 0.15) is 47.1 Å². The highest BCUT2D eigenvalue weighted by Crippen LogP contribution is 2.32. The smallest absolute Gasteiger partial charge is 0.276 e. The van der Waals surface area contributed by atoms with Gasteiger partial charge in [-0.05, 0) is 43.9 Å². The number of amides is 1. The number of ether oxygens (including phenoxy) is 1. The fourth-order valence-corrected chi connectivity index (χ4v) is 3.75. The predicted octanol–water partition coefficient (Wildman–Crippen LogP) is 3.61. The number of nitriles is 1. The van der Waals surface area contributed by atoms with Crippen molar-refractivity contribution in [2.45, 2.75) is 32.4 Å². The molecule has 1 saturated heterocycles. The van der Waals surface area contributed by atoms with E-state index in [1.54, 1.807) is 42.5 Å². The zero-order chi connectivity index (χ0) is 22.1. The van der Waals surface area contributed by atoms with E-state index in [-0.39, 0.29) is 17.9 Å². The molecule has 1 atom stereocenters. The molecule has 32 heavy (non-hydrogen) atoms. The first kappa shape index (κ1) is 19.8. The molecule has 5 rings (SSSR count). The molecule has 1 N–H and O–H groups in total. The first-order valence-electron chi connectivity index (χ1n) is 10.2.